The minimum atomic E-state index is -0.289. The van der Waals surface area contributed by atoms with Gasteiger partial charge in [0.2, 0.25) is 5.91 Å². The van der Waals surface area contributed by atoms with Gasteiger partial charge in [-0.15, -0.1) is 0 Å². The van der Waals surface area contributed by atoms with E-state index in [2.05, 4.69) is 15.6 Å². The number of carbonyl (C=O) groups is 2. The number of rotatable bonds is 6. The summed E-state index contributed by atoms with van der Waals surface area (Å²) >= 11 is 0. The summed E-state index contributed by atoms with van der Waals surface area (Å²) in [7, 11) is 0. The first-order valence-corrected chi connectivity index (χ1v) is 5.87. The molecule has 0 unspecified atom stereocenters. The third kappa shape index (κ3) is 4.50. The second-order valence-corrected chi connectivity index (χ2v) is 3.72. The number of carbonyl (C=O) groups excluding carboxylic acids is 2. The molecule has 0 saturated heterocycles. The second-order valence-electron chi connectivity index (χ2n) is 3.72. The Bertz CT molecular complexity index is 403. The topological polar surface area (TPSA) is 97.1 Å². The molecule has 0 aromatic carbocycles. The summed E-state index contributed by atoms with van der Waals surface area (Å²) in [6, 6.07) is 3.37. The van der Waals surface area contributed by atoms with Crippen molar-refractivity contribution in [2.45, 2.75) is 19.9 Å². The molecule has 1 heterocycles. The fourth-order valence-corrected chi connectivity index (χ4v) is 1.35. The van der Waals surface area contributed by atoms with Crippen molar-refractivity contribution < 1.29 is 9.59 Å². The quantitative estimate of drug-likeness (QED) is 0.651. The van der Waals surface area contributed by atoms with E-state index in [0.717, 1.165) is 5.56 Å². The van der Waals surface area contributed by atoms with Crippen molar-refractivity contribution in [1.82, 2.24) is 15.6 Å². The van der Waals surface area contributed by atoms with Crippen LogP contribution in [-0.4, -0.2) is 29.9 Å². The summed E-state index contributed by atoms with van der Waals surface area (Å²) in [6.07, 6.45) is 1.83. The Hall–Kier alpha value is -1.95. The van der Waals surface area contributed by atoms with Crippen LogP contribution >= 0.6 is 0 Å². The van der Waals surface area contributed by atoms with Gasteiger partial charge in [-0.25, -0.2) is 0 Å². The molecule has 0 aliphatic carbocycles. The van der Waals surface area contributed by atoms with Gasteiger partial charge in [-0.1, -0.05) is 6.07 Å². The number of aromatic nitrogens is 1. The van der Waals surface area contributed by atoms with E-state index >= 15 is 0 Å². The SMILES string of the molecule is CCNC(=O)CCNC(=O)c1ccc(CN)cn1. The first kappa shape index (κ1) is 14.1. The van der Waals surface area contributed by atoms with Gasteiger partial charge >= 0.3 is 0 Å². The van der Waals surface area contributed by atoms with E-state index in [9.17, 15) is 9.59 Å². The van der Waals surface area contributed by atoms with Crippen molar-refractivity contribution in [2.24, 2.45) is 5.73 Å². The standard InChI is InChI=1S/C12H18N4O2/c1-2-14-11(17)5-6-15-12(18)10-4-3-9(7-13)8-16-10/h3-4,8H,2,5-7,13H2,1H3,(H,14,17)(H,15,18). The summed E-state index contributed by atoms with van der Waals surface area (Å²) in [4.78, 5) is 26.8. The van der Waals surface area contributed by atoms with E-state index in [1.54, 1.807) is 18.3 Å². The summed E-state index contributed by atoms with van der Waals surface area (Å²) in [5.74, 6) is -0.368. The number of hydrogen-bond donors (Lipinski definition) is 3. The van der Waals surface area contributed by atoms with Gasteiger partial charge in [0, 0.05) is 32.3 Å². The number of nitrogens with one attached hydrogen (secondary N) is 2. The van der Waals surface area contributed by atoms with Crippen molar-refractivity contribution in [3.8, 4) is 0 Å². The van der Waals surface area contributed by atoms with Crippen molar-refractivity contribution in [1.29, 1.82) is 0 Å². The zero-order valence-corrected chi connectivity index (χ0v) is 10.4. The van der Waals surface area contributed by atoms with Crippen LogP contribution in [0.25, 0.3) is 0 Å². The lowest BCUT2D eigenvalue weighted by Gasteiger charge is -2.05. The van der Waals surface area contributed by atoms with Crippen LogP contribution in [-0.2, 0) is 11.3 Å². The Kier molecular flexibility index (Phi) is 5.79. The molecule has 4 N–H and O–H groups in total. The number of pyridine rings is 1. The monoisotopic (exact) mass is 250 g/mol. The summed E-state index contributed by atoms with van der Waals surface area (Å²) in [5.41, 5.74) is 6.62. The lowest BCUT2D eigenvalue weighted by atomic mass is 10.2. The number of nitrogens with zero attached hydrogens (tertiary/aromatic N) is 1. The van der Waals surface area contributed by atoms with Crippen LogP contribution in [0.2, 0.25) is 0 Å². The predicted molar refractivity (Wildman–Crippen MR) is 67.8 cm³/mol. The molecular weight excluding hydrogens is 232 g/mol. The summed E-state index contributed by atoms with van der Waals surface area (Å²) < 4.78 is 0. The Morgan fingerprint density at radius 2 is 2.11 bits per heavy atom. The molecule has 0 aliphatic heterocycles. The average molecular weight is 250 g/mol. The number of hydrogen-bond acceptors (Lipinski definition) is 4. The molecule has 0 fully saturated rings. The van der Waals surface area contributed by atoms with Gasteiger partial charge in [0.25, 0.3) is 5.91 Å². The van der Waals surface area contributed by atoms with Crippen molar-refractivity contribution in [3.63, 3.8) is 0 Å². The highest BCUT2D eigenvalue weighted by Crippen LogP contribution is 1.99. The van der Waals surface area contributed by atoms with E-state index in [1.807, 2.05) is 6.92 Å². The smallest absolute Gasteiger partial charge is 0.269 e. The molecule has 18 heavy (non-hydrogen) atoms. The highest BCUT2D eigenvalue weighted by molar-refractivity contribution is 5.92. The largest absolute Gasteiger partial charge is 0.356 e. The lowest BCUT2D eigenvalue weighted by molar-refractivity contribution is -0.120. The highest BCUT2D eigenvalue weighted by atomic mass is 16.2. The van der Waals surface area contributed by atoms with Crippen LogP contribution in [0.5, 0.6) is 0 Å². The molecule has 6 heteroatoms. The molecule has 2 amide bonds. The maximum atomic E-state index is 11.6. The van der Waals surface area contributed by atoms with Gasteiger partial charge in [-0.05, 0) is 18.6 Å². The van der Waals surface area contributed by atoms with Gasteiger partial charge in [-0.3, -0.25) is 14.6 Å². The van der Waals surface area contributed by atoms with Gasteiger partial charge in [0.15, 0.2) is 0 Å². The Labute approximate surface area is 106 Å². The molecule has 1 aromatic heterocycles. The zero-order chi connectivity index (χ0) is 13.4. The third-order valence-corrected chi connectivity index (χ3v) is 2.30. The summed E-state index contributed by atoms with van der Waals surface area (Å²) in [5, 5.41) is 5.29. The normalized spacial score (nSPS) is 9.89. The van der Waals surface area contributed by atoms with Crippen molar-refractivity contribution >= 4 is 11.8 Å². The second kappa shape index (κ2) is 7.39. The molecular formula is C12H18N4O2. The maximum absolute atomic E-state index is 11.6. The van der Waals surface area contributed by atoms with Crippen LogP contribution in [0.4, 0.5) is 0 Å². The van der Waals surface area contributed by atoms with Gasteiger partial charge in [0.05, 0.1) is 0 Å². The van der Waals surface area contributed by atoms with E-state index in [4.69, 9.17) is 5.73 Å². The Morgan fingerprint density at radius 1 is 1.33 bits per heavy atom. The minimum Gasteiger partial charge on any atom is -0.356 e. The number of nitrogens with two attached hydrogens (primary N) is 1. The van der Waals surface area contributed by atoms with E-state index in [-0.39, 0.29) is 18.2 Å². The molecule has 6 nitrogen and oxygen atoms in total. The molecule has 0 atom stereocenters. The van der Waals surface area contributed by atoms with Crippen LogP contribution in [0.15, 0.2) is 18.3 Å². The van der Waals surface area contributed by atoms with Crippen molar-refractivity contribution in [2.75, 3.05) is 13.1 Å². The fourth-order valence-electron chi connectivity index (χ4n) is 1.35. The zero-order valence-electron chi connectivity index (χ0n) is 10.4. The first-order valence-electron chi connectivity index (χ1n) is 5.87. The molecule has 1 aromatic rings. The molecule has 0 spiro atoms. The molecule has 0 bridgehead atoms. The van der Waals surface area contributed by atoms with Gasteiger partial charge in [0.1, 0.15) is 5.69 Å². The maximum Gasteiger partial charge on any atom is 0.269 e. The van der Waals surface area contributed by atoms with Crippen LogP contribution in [0, 0.1) is 0 Å². The third-order valence-electron chi connectivity index (χ3n) is 2.30. The van der Waals surface area contributed by atoms with Gasteiger partial charge < -0.3 is 16.4 Å². The van der Waals surface area contributed by atoms with Gasteiger partial charge in [-0.2, -0.15) is 0 Å². The van der Waals surface area contributed by atoms with Crippen molar-refractivity contribution in [3.05, 3.63) is 29.6 Å². The molecule has 98 valence electrons. The molecule has 1 rings (SSSR count). The summed E-state index contributed by atoms with van der Waals surface area (Å²) in [6.45, 7) is 3.13. The minimum absolute atomic E-state index is 0.0794. The van der Waals surface area contributed by atoms with E-state index in [0.29, 0.717) is 25.3 Å². The first-order chi connectivity index (χ1) is 8.67. The van der Waals surface area contributed by atoms with Crippen LogP contribution in [0.3, 0.4) is 0 Å². The predicted octanol–water partition coefficient (Wildman–Crippen LogP) is -0.204. The highest BCUT2D eigenvalue weighted by Gasteiger charge is 2.07. The molecule has 0 aliphatic rings. The van der Waals surface area contributed by atoms with Crippen LogP contribution < -0.4 is 16.4 Å². The fraction of sp³-hybridized carbons (Fsp3) is 0.417. The number of amides is 2. The molecule has 0 saturated carbocycles. The Balaban J connectivity index is 2.38. The van der Waals surface area contributed by atoms with Crippen LogP contribution in [0.1, 0.15) is 29.4 Å². The lowest BCUT2D eigenvalue weighted by Crippen LogP contribution is -2.31. The Morgan fingerprint density at radius 3 is 2.67 bits per heavy atom. The van der Waals surface area contributed by atoms with E-state index in [1.165, 1.54) is 0 Å². The average Bonchev–Trinajstić information content (AvgIpc) is 2.39. The van der Waals surface area contributed by atoms with E-state index < -0.39 is 0 Å². The molecule has 0 radical (unpaired) electrons.